The van der Waals surface area contributed by atoms with Gasteiger partial charge in [-0.2, -0.15) is 15.0 Å². The van der Waals surface area contributed by atoms with E-state index in [9.17, 15) is 9.59 Å². The van der Waals surface area contributed by atoms with Gasteiger partial charge in [0.25, 0.3) is 0 Å². The smallest absolute Gasteiger partial charge is 0.338 e. The second-order valence-corrected chi connectivity index (χ2v) is 15.0. The highest BCUT2D eigenvalue weighted by molar-refractivity contribution is 5.81. The lowest BCUT2D eigenvalue weighted by Gasteiger charge is -2.37. The van der Waals surface area contributed by atoms with Gasteiger partial charge < -0.3 is 51.5 Å². The molecule has 2 amide bonds. The molecule has 2 aliphatic heterocycles. The fraction of sp³-hybridized carbons (Fsp3) is 0.658. The van der Waals surface area contributed by atoms with Crippen molar-refractivity contribution in [2.45, 2.75) is 51.6 Å². The molecule has 0 aliphatic carbocycles. The van der Waals surface area contributed by atoms with E-state index >= 15 is 0 Å². The quantitative estimate of drug-likeness (QED) is 0.0180. The molecule has 0 radical (unpaired) electrons. The van der Waals surface area contributed by atoms with Crippen LogP contribution in [0.15, 0.2) is 12.4 Å². The lowest BCUT2D eigenvalue weighted by Crippen LogP contribution is -3.00. The van der Waals surface area contributed by atoms with Gasteiger partial charge in [0.05, 0.1) is 57.5 Å². The third kappa shape index (κ3) is 15.9. The van der Waals surface area contributed by atoms with Gasteiger partial charge >= 0.3 is 11.9 Å². The number of amides is 2. The minimum Gasteiger partial charge on any atom is -1.00 e. The van der Waals surface area contributed by atoms with Gasteiger partial charge in [0.1, 0.15) is 18.7 Å². The molecule has 2 aliphatic rings. The zero-order valence-corrected chi connectivity index (χ0v) is 37.5. The number of aromatic nitrogens is 9. The maximum atomic E-state index is 13.6. The largest absolute Gasteiger partial charge is 1.00 e. The molecule has 5 rings (SSSR count). The van der Waals surface area contributed by atoms with E-state index in [1.807, 2.05) is 23.6 Å². The van der Waals surface area contributed by atoms with Crippen molar-refractivity contribution < 1.29 is 46.2 Å². The molecule has 2 fully saturated rings. The van der Waals surface area contributed by atoms with Crippen LogP contribution < -0.4 is 60.4 Å². The molecule has 0 bridgehead atoms. The molecule has 26 heteroatoms. The van der Waals surface area contributed by atoms with Crippen LogP contribution in [0.3, 0.4) is 0 Å². The number of ether oxygens (including phenoxy) is 3. The molecule has 0 unspecified atom stereocenters. The van der Waals surface area contributed by atoms with Crippen molar-refractivity contribution in [2.24, 2.45) is 22.9 Å². The highest BCUT2D eigenvalue weighted by atomic mass is 35.5. The molecule has 2 saturated heterocycles. The van der Waals surface area contributed by atoms with E-state index in [1.165, 1.54) is 0 Å². The first-order chi connectivity index (χ1) is 30.5. The molecule has 2 atom stereocenters. The Balaban J connectivity index is 0.00000898. The molecule has 0 spiro atoms. The Labute approximate surface area is 379 Å². The van der Waals surface area contributed by atoms with Gasteiger partial charge in [-0.05, 0) is 39.5 Å². The van der Waals surface area contributed by atoms with Crippen LogP contribution in [0.25, 0.3) is 0 Å². The van der Waals surface area contributed by atoms with Crippen LogP contribution in [0.1, 0.15) is 50.2 Å². The number of hydrogen-bond donors (Lipinski definition) is 7. The van der Waals surface area contributed by atoms with Gasteiger partial charge in [0, 0.05) is 71.3 Å². The first kappa shape index (κ1) is 50.5. The van der Waals surface area contributed by atoms with Crippen LogP contribution in [0.4, 0.5) is 17.8 Å². The number of piperazine rings is 2. The number of carbonyl (C=O) groups excluding carboxylic acids is 2. The van der Waals surface area contributed by atoms with E-state index in [-0.39, 0.29) is 42.7 Å². The summed E-state index contributed by atoms with van der Waals surface area (Å²) >= 11 is 0. The van der Waals surface area contributed by atoms with Crippen LogP contribution in [-0.4, -0.2) is 190 Å². The number of terminal acetylenes is 1. The number of nitrogens with one attached hydrogen (secondary N) is 3. The zero-order valence-electron chi connectivity index (χ0n) is 36.8. The maximum Gasteiger partial charge on any atom is 0.338 e. The number of carbonyl (C=O) groups is 2. The Hall–Kier alpha value is -6.10. The summed E-state index contributed by atoms with van der Waals surface area (Å²) in [6.45, 7) is 11.6. The molecule has 3 aromatic heterocycles. The molecule has 3 aromatic rings. The van der Waals surface area contributed by atoms with Crippen LogP contribution >= 0.6 is 0 Å². The van der Waals surface area contributed by atoms with E-state index in [2.05, 4.69) is 51.6 Å². The summed E-state index contributed by atoms with van der Waals surface area (Å²) in [6, 6.07) is -1.05. The number of guanidine groups is 2. The first-order valence-electron chi connectivity index (χ1n) is 21.3. The van der Waals surface area contributed by atoms with Crippen molar-refractivity contribution in [2.75, 3.05) is 127 Å². The molecule has 352 valence electrons. The van der Waals surface area contributed by atoms with E-state index in [0.717, 1.165) is 24.2 Å². The highest BCUT2D eigenvalue weighted by Crippen LogP contribution is 2.22. The fourth-order valence-corrected chi connectivity index (χ4v) is 6.77. The van der Waals surface area contributed by atoms with Crippen molar-refractivity contribution in [3.8, 4) is 12.3 Å². The minimum atomic E-state index is -0.526. The molecule has 5 heterocycles. The van der Waals surface area contributed by atoms with Crippen molar-refractivity contribution in [3.63, 3.8) is 0 Å². The van der Waals surface area contributed by atoms with Crippen LogP contribution in [0.2, 0.25) is 0 Å². The summed E-state index contributed by atoms with van der Waals surface area (Å²) < 4.78 is 19.7. The Kier molecular flexibility index (Phi) is 20.9. The average Bonchev–Trinajstić information content (AvgIpc) is 3.98. The number of anilines is 3. The standard InChI is InChI=1S/C38H62N20O5.ClH/c1-4-20-61-22-24-63-25-23-62-21-11-45-36-46-37(55-16-12-53(13-17-55)32(59)28(2)57-26-30(49-51-57)7-5-9-43-34(39)40)48-38(47-36)56-18-14-54(15-19-56)33(60)29(3)58-27-31(50-52-58)8-6-10-44-35(41)42;/h1,26-29H,5-25H2,2-3H3,(H4,39,40,43)(H4,41,42,44)(H,45,46,47,48);1H/p+1/t28-,29-;/m0./s1. The number of rotatable bonds is 25. The van der Waals surface area contributed by atoms with Gasteiger partial charge in [0.2, 0.25) is 29.7 Å². The van der Waals surface area contributed by atoms with Gasteiger partial charge in [-0.25, -0.2) is 9.36 Å². The minimum absolute atomic E-state index is 0. The molecular formula is C38H64ClN20O5+. The van der Waals surface area contributed by atoms with E-state index < -0.39 is 12.1 Å². The normalized spacial score (nSPS) is 14.9. The number of hydrogen-bond acceptors (Lipinski definition) is 15. The molecule has 0 aromatic carbocycles. The summed E-state index contributed by atoms with van der Waals surface area (Å²) in [5, 5.41) is 20.2. The predicted molar refractivity (Wildman–Crippen MR) is 232 cm³/mol. The monoisotopic (exact) mass is 916 g/mol. The number of halogens is 1. The summed E-state index contributed by atoms with van der Waals surface area (Å²) in [5.41, 5.74) is 23.4. The Morgan fingerprint density at radius 3 is 1.58 bits per heavy atom. The SMILES string of the molecule is C#CCOCCOCCOCCNc1nc(N2CCN(C(=O)[C@H](C)n3cc(CCC[NH+]=C(N)N)nn3)CC2)nc(N2CCN(C(=O)[C@H](C)n3cc(CCC[NH+]=C(N)N)nn3)CC2)n1.[Cl-]. The molecule has 25 nitrogen and oxygen atoms in total. The van der Waals surface area contributed by atoms with Gasteiger partial charge in [-0.1, -0.05) is 16.3 Å². The summed E-state index contributed by atoms with van der Waals surface area (Å²) in [6.07, 6.45) is 11.7. The Morgan fingerprint density at radius 1 is 0.703 bits per heavy atom. The highest BCUT2D eigenvalue weighted by Gasteiger charge is 2.31. The second-order valence-electron chi connectivity index (χ2n) is 15.0. The van der Waals surface area contributed by atoms with E-state index in [1.54, 1.807) is 21.8 Å². The fourth-order valence-electron chi connectivity index (χ4n) is 6.77. The van der Waals surface area contributed by atoms with Crippen LogP contribution in [0.5, 0.6) is 0 Å². The first-order valence-corrected chi connectivity index (χ1v) is 21.3. The lowest BCUT2D eigenvalue weighted by molar-refractivity contribution is -0.460. The van der Waals surface area contributed by atoms with Gasteiger partial charge in [0.15, 0.2) is 0 Å². The van der Waals surface area contributed by atoms with E-state index in [0.29, 0.717) is 136 Å². The van der Waals surface area contributed by atoms with Crippen molar-refractivity contribution in [3.05, 3.63) is 23.8 Å². The predicted octanol–water partition coefficient (Wildman–Crippen LogP) is -9.45. The van der Waals surface area contributed by atoms with Crippen molar-refractivity contribution in [1.29, 1.82) is 0 Å². The van der Waals surface area contributed by atoms with Crippen molar-refractivity contribution in [1.82, 2.24) is 54.7 Å². The summed E-state index contributed by atoms with van der Waals surface area (Å²) in [5.74, 6) is 4.04. The van der Waals surface area contributed by atoms with Crippen LogP contribution in [0, 0.1) is 12.3 Å². The molecular weight excluding hydrogens is 852 g/mol. The average molecular weight is 917 g/mol. The van der Waals surface area contributed by atoms with Gasteiger partial charge in [-0.3, -0.25) is 42.5 Å². The Morgan fingerprint density at radius 2 is 1.14 bits per heavy atom. The molecule has 11 N–H and O–H groups in total. The summed E-state index contributed by atoms with van der Waals surface area (Å²) in [7, 11) is 0. The maximum absolute atomic E-state index is 13.6. The molecule has 64 heavy (non-hydrogen) atoms. The van der Waals surface area contributed by atoms with Gasteiger partial charge in [-0.15, -0.1) is 16.6 Å². The number of nitrogens with zero attached hydrogens (tertiary/aromatic N) is 13. The molecule has 0 saturated carbocycles. The van der Waals surface area contributed by atoms with Crippen molar-refractivity contribution >= 4 is 41.6 Å². The van der Waals surface area contributed by atoms with Crippen LogP contribution in [-0.2, 0) is 36.6 Å². The number of nitrogens with two attached hydrogens (primary N) is 4. The third-order valence-corrected chi connectivity index (χ3v) is 10.3. The third-order valence-electron chi connectivity index (χ3n) is 10.3. The topological polar surface area (TPSA) is 319 Å². The number of aryl methyl sites for hydroxylation is 2. The lowest BCUT2D eigenvalue weighted by atomic mass is 10.2. The summed E-state index contributed by atoms with van der Waals surface area (Å²) in [4.78, 5) is 55.2. The second kappa shape index (κ2) is 26.5. The Bertz CT molecular complexity index is 1860. The van der Waals surface area contributed by atoms with E-state index in [4.69, 9.17) is 58.5 Å². The zero-order chi connectivity index (χ0) is 45.0.